The van der Waals surface area contributed by atoms with Gasteiger partial charge in [-0.1, -0.05) is 0 Å². The molecule has 7 nitrogen and oxygen atoms in total. The third-order valence-corrected chi connectivity index (χ3v) is 5.59. The number of carbonyl (C=O) groups is 1. The zero-order valence-corrected chi connectivity index (χ0v) is 15.7. The van der Waals surface area contributed by atoms with Crippen molar-refractivity contribution in [2.45, 2.75) is 13.0 Å². The Kier molecular flexibility index (Phi) is 3.58. The standard InChI is InChI=1S/C21H19N5O2/c1-24-18-11-14(5-6-16(18)21(28)25(24)2)20(27)26-9-7-17-15(12-26)10-13-4-3-8-22-19(13)23-17/h3-6,8,10-11H,7,9,12H2,1-2H3. The van der Waals surface area contributed by atoms with E-state index in [9.17, 15) is 9.59 Å². The molecule has 0 fully saturated rings. The summed E-state index contributed by atoms with van der Waals surface area (Å²) >= 11 is 0. The van der Waals surface area contributed by atoms with Crippen molar-refractivity contribution < 1.29 is 4.79 Å². The summed E-state index contributed by atoms with van der Waals surface area (Å²) in [6.45, 7) is 1.14. The second-order valence-electron chi connectivity index (χ2n) is 7.21. The Morgan fingerprint density at radius 2 is 1.96 bits per heavy atom. The van der Waals surface area contributed by atoms with Gasteiger partial charge in [0.05, 0.1) is 10.9 Å². The lowest BCUT2D eigenvalue weighted by molar-refractivity contribution is 0.0734. The van der Waals surface area contributed by atoms with Gasteiger partial charge in [0.1, 0.15) is 0 Å². The molecule has 7 heteroatoms. The largest absolute Gasteiger partial charge is 0.334 e. The van der Waals surface area contributed by atoms with Crippen LogP contribution in [0.3, 0.4) is 0 Å². The highest BCUT2D eigenvalue weighted by atomic mass is 16.2. The molecule has 0 saturated heterocycles. The normalized spacial score (nSPS) is 13.9. The van der Waals surface area contributed by atoms with E-state index in [1.54, 1.807) is 40.8 Å². The van der Waals surface area contributed by atoms with Gasteiger partial charge in [-0.3, -0.25) is 19.0 Å². The van der Waals surface area contributed by atoms with Crippen LogP contribution in [0.1, 0.15) is 21.6 Å². The molecular formula is C21H19N5O2. The van der Waals surface area contributed by atoms with Crippen molar-refractivity contribution in [1.29, 1.82) is 0 Å². The van der Waals surface area contributed by atoms with Gasteiger partial charge in [0.25, 0.3) is 11.5 Å². The summed E-state index contributed by atoms with van der Waals surface area (Å²) in [5.41, 5.74) is 4.11. The predicted molar refractivity (Wildman–Crippen MR) is 106 cm³/mol. The number of aromatic nitrogens is 4. The van der Waals surface area contributed by atoms with E-state index in [1.165, 1.54) is 0 Å². The van der Waals surface area contributed by atoms with E-state index >= 15 is 0 Å². The molecule has 4 aromatic rings. The molecule has 5 rings (SSSR count). The quantitative estimate of drug-likeness (QED) is 0.512. The van der Waals surface area contributed by atoms with Crippen molar-refractivity contribution in [3.05, 3.63) is 69.8 Å². The average Bonchev–Trinajstić information content (AvgIpc) is 2.95. The predicted octanol–water partition coefficient (Wildman–Crippen LogP) is 2.02. The molecule has 0 bridgehead atoms. The van der Waals surface area contributed by atoms with Gasteiger partial charge in [-0.05, 0) is 42.0 Å². The first kappa shape index (κ1) is 16.7. The maximum Gasteiger partial charge on any atom is 0.274 e. The molecule has 1 aliphatic rings. The second kappa shape index (κ2) is 6.02. The smallest absolute Gasteiger partial charge is 0.274 e. The molecule has 1 aliphatic heterocycles. The van der Waals surface area contributed by atoms with Crippen LogP contribution in [0.15, 0.2) is 47.4 Å². The summed E-state index contributed by atoms with van der Waals surface area (Å²) in [4.78, 5) is 36.1. The Bertz CT molecular complexity index is 1320. The fraction of sp³-hybridized carbons (Fsp3) is 0.238. The van der Waals surface area contributed by atoms with Crippen LogP contribution in [-0.4, -0.2) is 36.7 Å². The van der Waals surface area contributed by atoms with E-state index in [4.69, 9.17) is 0 Å². The minimum absolute atomic E-state index is 0.0323. The topological polar surface area (TPSA) is 73.0 Å². The lowest BCUT2D eigenvalue weighted by Crippen LogP contribution is -2.36. The van der Waals surface area contributed by atoms with Gasteiger partial charge in [-0.2, -0.15) is 0 Å². The van der Waals surface area contributed by atoms with Crippen molar-refractivity contribution in [3.8, 4) is 0 Å². The first-order valence-corrected chi connectivity index (χ1v) is 9.21. The van der Waals surface area contributed by atoms with Crippen molar-refractivity contribution in [1.82, 2.24) is 24.2 Å². The zero-order chi connectivity index (χ0) is 19.4. The van der Waals surface area contributed by atoms with E-state index in [0.717, 1.165) is 27.8 Å². The van der Waals surface area contributed by atoms with E-state index in [-0.39, 0.29) is 11.5 Å². The third-order valence-electron chi connectivity index (χ3n) is 5.59. The fourth-order valence-electron chi connectivity index (χ4n) is 3.91. The highest BCUT2D eigenvalue weighted by molar-refractivity contribution is 5.98. The SMILES string of the molecule is Cn1c(=O)c2ccc(C(=O)N3CCc4nc5ncccc5cc4C3)cc2n1C. The molecule has 1 amide bonds. The lowest BCUT2D eigenvalue weighted by Gasteiger charge is -2.28. The first-order valence-electron chi connectivity index (χ1n) is 9.21. The van der Waals surface area contributed by atoms with Gasteiger partial charge < -0.3 is 4.90 Å². The average molecular weight is 373 g/mol. The Morgan fingerprint density at radius 3 is 2.82 bits per heavy atom. The molecular weight excluding hydrogens is 354 g/mol. The number of carbonyl (C=O) groups excluding carboxylic acids is 1. The molecule has 3 aromatic heterocycles. The Morgan fingerprint density at radius 1 is 1.11 bits per heavy atom. The van der Waals surface area contributed by atoms with Crippen LogP contribution in [0.4, 0.5) is 0 Å². The summed E-state index contributed by atoms with van der Waals surface area (Å²) < 4.78 is 3.31. The van der Waals surface area contributed by atoms with Crippen LogP contribution >= 0.6 is 0 Å². The van der Waals surface area contributed by atoms with Crippen LogP contribution in [0, 0.1) is 0 Å². The molecule has 4 heterocycles. The summed E-state index contributed by atoms with van der Waals surface area (Å²) in [6.07, 6.45) is 2.45. The monoisotopic (exact) mass is 373 g/mol. The molecule has 28 heavy (non-hydrogen) atoms. The minimum Gasteiger partial charge on any atom is -0.334 e. The van der Waals surface area contributed by atoms with E-state index in [0.29, 0.717) is 30.5 Å². The number of hydrogen-bond donors (Lipinski definition) is 0. The summed E-state index contributed by atoms with van der Waals surface area (Å²) in [6, 6.07) is 11.2. The maximum absolute atomic E-state index is 13.1. The third kappa shape index (κ3) is 2.43. The van der Waals surface area contributed by atoms with Crippen LogP contribution in [0.2, 0.25) is 0 Å². The van der Waals surface area contributed by atoms with Crippen LogP contribution < -0.4 is 5.56 Å². The van der Waals surface area contributed by atoms with Crippen LogP contribution in [0.25, 0.3) is 21.9 Å². The van der Waals surface area contributed by atoms with Crippen molar-refractivity contribution in [2.75, 3.05) is 6.54 Å². The molecule has 0 spiro atoms. The fourth-order valence-corrected chi connectivity index (χ4v) is 3.91. The number of hydrogen-bond acceptors (Lipinski definition) is 4. The Balaban J connectivity index is 1.49. The summed E-state index contributed by atoms with van der Waals surface area (Å²) in [5.74, 6) is -0.0323. The second-order valence-corrected chi connectivity index (χ2v) is 7.21. The molecule has 0 radical (unpaired) electrons. The van der Waals surface area contributed by atoms with Crippen molar-refractivity contribution in [3.63, 3.8) is 0 Å². The maximum atomic E-state index is 13.1. The number of benzene rings is 1. The highest BCUT2D eigenvalue weighted by Crippen LogP contribution is 2.23. The molecule has 0 aliphatic carbocycles. The number of fused-ring (bicyclic) bond motifs is 3. The lowest BCUT2D eigenvalue weighted by atomic mass is 10.0. The Labute approximate surface area is 160 Å². The van der Waals surface area contributed by atoms with Gasteiger partial charge in [0, 0.05) is 56.4 Å². The number of rotatable bonds is 1. The number of pyridine rings is 2. The number of aryl methyl sites for hydroxylation is 1. The van der Waals surface area contributed by atoms with Crippen molar-refractivity contribution in [2.24, 2.45) is 14.1 Å². The van der Waals surface area contributed by atoms with Crippen LogP contribution in [0.5, 0.6) is 0 Å². The summed E-state index contributed by atoms with van der Waals surface area (Å²) in [5, 5.41) is 1.60. The minimum atomic E-state index is -0.0602. The summed E-state index contributed by atoms with van der Waals surface area (Å²) in [7, 11) is 3.54. The first-order chi connectivity index (χ1) is 13.5. The van der Waals surface area contributed by atoms with Crippen molar-refractivity contribution >= 4 is 27.8 Å². The molecule has 0 atom stereocenters. The molecule has 140 valence electrons. The number of nitrogens with zero attached hydrogens (tertiary/aromatic N) is 5. The number of amides is 1. The molecule has 1 aromatic carbocycles. The van der Waals surface area contributed by atoms with Gasteiger partial charge in [-0.25, -0.2) is 9.97 Å². The van der Waals surface area contributed by atoms with E-state index in [1.807, 2.05) is 24.1 Å². The zero-order valence-electron chi connectivity index (χ0n) is 15.7. The Hall–Kier alpha value is -3.48. The highest BCUT2D eigenvalue weighted by Gasteiger charge is 2.24. The van der Waals surface area contributed by atoms with Crippen LogP contribution in [-0.2, 0) is 27.1 Å². The van der Waals surface area contributed by atoms with E-state index < -0.39 is 0 Å². The van der Waals surface area contributed by atoms with Gasteiger partial charge in [0.2, 0.25) is 0 Å². The van der Waals surface area contributed by atoms with E-state index in [2.05, 4.69) is 16.0 Å². The van der Waals surface area contributed by atoms with Gasteiger partial charge in [-0.15, -0.1) is 0 Å². The molecule has 0 saturated carbocycles. The van der Waals surface area contributed by atoms with Gasteiger partial charge in [0.15, 0.2) is 5.65 Å². The van der Waals surface area contributed by atoms with Gasteiger partial charge >= 0.3 is 0 Å². The molecule has 0 unspecified atom stereocenters. The molecule has 0 N–H and O–H groups in total.